The van der Waals surface area contributed by atoms with E-state index in [0.29, 0.717) is 5.82 Å². The van der Waals surface area contributed by atoms with Crippen molar-refractivity contribution in [3.63, 3.8) is 0 Å². The second-order valence-electron chi connectivity index (χ2n) is 7.76. The minimum absolute atomic E-state index is 0.662. The molecular formula is C26H18ClN5. The first-order valence-corrected chi connectivity index (χ1v) is 10.8. The van der Waals surface area contributed by atoms with Crippen molar-refractivity contribution in [1.29, 1.82) is 0 Å². The predicted octanol–water partition coefficient (Wildman–Crippen LogP) is 6.10. The molecule has 0 saturated carbocycles. The van der Waals surface area contributed by atoms with E-state index >= 15 is 0 Å². The van der Waals surface area contributed by atoms with Gasteiger partial charge >= 0.3 is 0 Å². The molecule has 0 saturated heterocycles. The summed E-state index contributed by atoms with van der Waals surface area (Å²) in [6.07, 6.45) is 8.10. The number of pyridine rings is 2. The molecule has 0 aliphatic carbocycles. The predicted molar refractivity (Wildman–Crippen MR) is 128 cm³/mol. The van der Waals surface area contributed by atoms with Crippen LogP contribution in [0.2, 0.25) is 5.02 Å². The summed E-state index contributed by atoms with van der Waals surface area (Å²) in [5.74, 6) is 1.56. The summed E-state index contributed by atoms with van der Waals surface area (Å²) < 4.78 is 0. The van der Waals surface area contributed by atoms with Crippen LogP contribution in [0.5, 0.6) is 0 Å². The molecule has 5 nitrogen and oxygen atoms in total. The van der Waals surface area contributed by atoms with Gasteiger partial charge < -0.3 is 4.90 Å². The van der Waals surface area contributed by atoms with E-state index in [-0.39, 0.29) is 0 Å². The second kappa shape index (κ2) is 7.70. The molecule has 0 amide bonds. The SMILES string of the molecule is Clc1ccc2c(c1)CCN2c1nc(-c2cccnc2)nc2cc(-c3ccncc3)ccc12. The highest BCUT2D eigenvalue weighted by Gasteiger charge is 2.24. The van der Waals surface area contributed by atoms with Gasteiger partial charge in [0.05, 0.1) is 5.52 Å². The van der Waals surface area contributed by atoms with Crippen LogP contribution < -0.4 is 4.90 Å². The molecule has 2 aromatic carbocycles. The Morgan fingerprint density at radius 1 is 0.781 bits per heavy atom. The average molecular weight is 436 g/mol. The van der Waals surface area contributed by atoms with Crippen LogP contribution in [-0.2, 0) is 6.42 Å². The van der Waals surface area contributed by atoms with Gasteiger partial charge in [0.15, 0.2) is 5.82 Å². The first kappa shape index (κ1) is 18.9. The molecule has 1 aliphatic heterocycles. The molecule has 5 aromatic rings. The van der Waals surface area contributed by atoms with Gasteiger partial charge in [0.1, 0.15) is 5.82 Å². The van der Waals surface area contributed by atoms with Gasteiger partial charge in [0.2, 0.25) is 0 Å². The fourth-order valence-corrected chi connectivity index (χ4v) is 4.45. The number of fused-ring (bicyclic) bond motifs is 2. The molecule has 0 bridgehead atoms. The molecule has 1 aliphatic rings. The van der Waals surface area contributed by atoms with Gasteiger partial charge in [-0.15, -0.1) is 0 Å². The van der Waals surface area contributed by atoms with Gasteiger partial charge in [0.25, 0.3) is 0 Å². The lowest BCUT2D eigenvalue weighted by Gasteiger charge is -2.21. The first-order chi connectivity index (χ1) is 15.8. The minimum Gasteiger partial charge on any atom is -0.325 e. The van der Waals surface area contributed by atoms with Gasteiger partial charge in [-0.3, -0.25) is 9.97 Å². The zero-order chi connectivity index (χ0) is 21.5. The Balaban J connectivity index is 1.57. The second-order valence-corrected chi connectivity index (χ2v) is 8.19. The van der Waals surface area contributed by atoms with E-state index in [1.54, 1.807) is 24.8 Å². The highest BCUT2D eigenvalue weighted by molar-refractivity contribution is 6.30. The summed E-state index contributed by atoms with van der Waals surface area (Å²) in [6.45, 7) is 0.848. The number of hydrogen-bond donors (Lipinski definition) is 0. The summed E-state index contributed by atoms with van der Waals surface area (Å²) in [6, 6.07) is 20.3. The number of benzene rings is 2. The number of anilines is 2. The lowest BCUT2D eigenvalue weighted by molar-refractivity contribution is 0.976. The summed E-state index contributed by atoms with van der Waals surface area (Å²) in [5.41, 5.74) is 6.36. The molecule has 6 rings (SSSR count). The van der Waals surface area contributed by atoms with Crippen molar-refractivity contribution in [1.82, 2.24) is 19.9 Å². The van der Waals surface area contributed by atoms with E-state index in [0.717, 1.165) is 57.1 Å². The van der Waals surface area contributed by atoms with Crippen LogP contribution in [0.15, 0.2) is 85.5 Å². The molecule has 6 heteroatoms. The molecular weight excluding hydrogens is 418 g/mol. The number of nitrogens with zero attached hydrogens (tertiary/aromatic N) is 5. The largest absolute Gasteiger partial charge is 0.325 e. The van der Waals surface area contributed by atoms with Crippen molar-refractivity contribution in [2.24, 2.45) is 0 Å². The molecule has 154 valence electrons. The third-order valence-corrected chi connectivity index (χ3v) is 6.04. The molecule has 3 aromatic heterocycles. The van der Waals surface area contributed by atoms with Crippen LogP contribution >= 0.6 is 11.6 Å². The Labute approximate surface area is 190 Å². The standard InChI is InChI=1S/C26H18ClN5/c27-21-4-6-24-19(14-21)9-13-32(24)26-22-5-3-18(17-7-11-28-12-8-17)15-23(22)30-25(31-26)20-2-1-10-29-16-20/h1-8,10-12,14-16H,9,13H2. The smallest absolute Gasteiger partial charge is 0.163 e. The highest BCUT2D eigenvalue weighted by atomic mass is 35.5. The average Bonchev–Trinajstić information content (AvgIpc) is 3.27. The maximum absolute atomic E-state index is 6.24. The van der Waals surface area contributed by atoms with Crippen molar-refractivity contribution in [2.45, 2.75) is 6.42 Å². The van der Waals surface area contributed by atoms with Gasteiger partial charge in [-0.2, -0.15) is 0 Å². The van der Waals surface area contributed by atoms with Gasteiger partial charge in [0, 0.05) is 53.0 Å². The van der Waals surface area contributed by atoms with Crippen LogP contribution in [0.4, 0.5) is 11.5 Å². The minimum atomic E-state index is 0.662. The topological polar surface area (TPSA) is 54.8 Å². The van der Waals surface area contributed by atoms with E-state index < -0.39 is 0 Å². The van der Waals surface area contributed by atoms with Crippen molar-refractivity contribution in [3.8, 4) is 22.5 Å². The zero-order valence-corrected chi connectivity index (χ0v) is 17.9. The highest BCUT2D eigenvalue weighted by Crippen LogP contribution is 2.39. The van der Waals surface area contributed by atoms with Crippen molar-refractivity contribution < 1.29 is 0 Å². The third-order valence-electron chi connectivity index (χ3n) is 5.80. The normalized spacial score (nSPS) is 12.8. The number of halogens is 1. The summed E-state index contributed by atoms with van der Waals surface area (Å²) in [4.78, 5) is 20.6. The van der Waals surface area contributed by atoms with E-state index in [9.17, 15) is 0 Å². The Kier molecular flexibility index (Phi) is 4.55. The maximum Gasteiger partial charge on any atom is 0.163 e. The Hall–Kier alpha value is -3.83. The van der Waals surface area contributed by atoms with Gasteiger partial charge in [-0.05, 0) is 77.7 Å². The third kappa shape index (κ3) is 3.27. The zero-order valence-electron chi connectivity index (χ0n) is 17.1. The van der Waals surface area contributed by atoms with Crippen LogP contribution in [0.25, 0.3) is 33.4 Å². The molecule has 0 unspecified atom stereocenters. The summed E-state index contributed by atoms with van der Waals surface area (Å²) in [5, 5.41) is 1.77. The lowest BCUT2D eigenvalue weighted by Crippen LogP contribution is -2.16. The Morgan fingerprint density at radius 3 is 2.53 bits per heavy atom. The Bertz CT molecular complexity index is 1430. The van der Waals surface area contributed by atoms with Gasteiger partial charge in [-0.1, -0.05) is 17.7 Å². The molecule has 0 radical (unpaired) electrons. The van der Waals surface area contributed by atoms with Crippen molar-refractivity contribution in [3.05, 3.63) is 96.0 Å². The number of aromatic nitrogens is 4. The van der Waals surface area contributed by atoms with Crippen LogP contribution in [0.3, 0.4) is 0 Å². The molecule has 32 heavy (non-hydrogen) atoms. The monoisotopic (exact) mass is 435 g/mol. The lowest BCUT2D eigenvalue weighted by atomic mass is 10.0. The fraction of sp³-hybridized carbons (Fsp3) is 0.0769. The van der Waals surface area contributed by atoms with Crippen molar-refractivity contribution >= 4 is 34.0 Å². The van der Waals surface area contributed by atoms with E-state index in [1.165, 1.54) is 5.56 Å². The van der Waals surface area contributed by atoms with E-state index in [2.05, 4.69) is 39.1 Å². The van der Waals surface area contributed by atoms with Crippen LogP contribution in [0, 0.1) is 0 Å². The maximum atomic E-state index is 6.24. The van der Waals surface area contributed by atoms with E-state index in [4.69, 9.17) is 21.6 Å². The molecule has 0 fully saturated rings. The van der Waals surface area contributed by atoms with Gasteiger partial charge in [-0.25, -0.2) is 9.97 Å². The van der Waals surface area contributed by atoms with E-state index in [1.807, 2.05) is 36.4 Å². The molecule has 0 atom stereocenters. The first-order valence-electron chi connectivity index (χ1n) is 10.4. The fourth-order valence-electron chi connectivity index (χ4n) is 4.26. The molecule has 4 heterocycles. The van der Waals surface area contributed by atoms with Crippen LogP contribution in [0.1, 0.15) is 5.56 Å². The molecule has 0 N–H and O–H groups in total. The summed E-state index contributed by atoms with van der Waals surface area (Å²) >= 11 is 6.24. The van der Waals surface area contributed by atoms with Crippen molar-refractivity contribution in [2.75, 3.05) is 11.4 Å². The Morgan fingerprint density at radius 2 is 1.69 bits per heavy atom. The summed E-state index contributed by atoms with van der Waals surface area (Å²) in [7, 11) is 0. The quantitative estimate of drug-likeness (QED) is 0.342. The number of hydrogen-bond acceptors (Lipinski definition) is 5. The van der Waals surface area contributed by atoms with Crippen LogP contribution in [-0.4, -0.2) is 26.5 Å². The molecule has 0 spiro atoms. The number of rotatable bonds is 3.